The van der Waals surface area contributed by atoms with Crippen molar-refractivity contribution in [3.05, 3.63) is 0 Å². The number of aliphatic imine (C=N–C) groups is 1. The van der Waals surface area contributed by atoms with Gasteiger partial charge in [-0.2, -0.15) is 0 Å². The van der Waals surface area contributed by atoms with Crippen LogP contribution in [0.3, 0.4) is 0 Å². The number of hydrogen-bond donors (Lipinski definition) is 2. The number of nitrogens with zero attached hydrogens (tertiary/aromatic N) is 1. The lowest BCUT2D eigenvalue weighted by atomic mass is 10.1. The summed E-state index contributed by atoms with van der Waals surface area (Å²) < 4.78 is 0. The van der Waals surface area contributed by atoms with Crippen LogP contribution in [0, 0.1) is 5.92 Å². The number of nitrogens with one attached hydrogen (secondary N) is 1. The van der Waals surface area contributed by atoms with E-state index in [0.717, 1.165) is 24.6 Å². The highest BCUT2D eigenvalue weighted by Gasteiger charge is 2.42. The van der Waals surface area contributed by atoms with Gasteiger partial charge in [0.15, 0.2) is 5.17 Å². The molecular weight excluding hydrogens is 196 g/mol. The number of hydrogen-bond acceptors (Lipinski definition) is 3. The maximum Gasteiger partial charge on any atom is 0.157 e. The van der Waals surface area contributed by atoms with E-state index in [1.54, 1.807) is 0 Å². The van der Waals surface area contributed by atoms with Gasteiger partial charge in [0, 0.05) is 24.4 Å². The second kappa shape index (κ2) is 4.53. The normalized spacial score (nSPS) is 38.7. The zero-order valence-electron chi connectivity index (χ0n) is 8.57. The van der Waals surface area contributed by atoms with Crippen molar-refractivity contribution in [1.29, 1.82) is 0 Å². The monoisotopic (exact) mass is 214 g/mol. The van der Waals surface area contributed by atoms with Gasteiger partial charge >= 0.3 is 0 Å². The lowest BCUT2D eigenvalue weighted by Gasteiger charge is -2.12. The summed E-state index contributed by atoms with van der Waals surface area (Å²) in [5.74, 6) is 0.479. The molecule has 1 saturated carbocycles. The van der Waals surface area contributed by atoms with E-state index in [-0.39, 0.29) is 0 Å². The molecule has 2 fully saturated rings. The Balaban J connectivity index is 1.94. The topological polar surface area (TPSA) is 44.6 Å². The van der Waals surface area contributed by atoms with Crippen LogP contribution in [-0.4, -0.2) is 34.7 Å². The van der Waals surface area contributed by atoms with E-state index in [2.05, 4.69) is 17.2 Å². The van der Waals surface area contributed by atoms with Gasteiger partial charge in [-0.25, -0.2) is 0 Å². The van der Waals surface area contributed by atoms with Crippen molar-refractivity contribution in [1.82, 2.24) is 5.32 Å². The molecule has 2 N–H and O–H groups in total. The molecule has 0 amide bonds. The molecule has 14 heavy (non-hydrogen) atoms. The molecule has 0 bridgehead atoms. The minimum Gasteiger partial charge on any atom is -0.396 e. The fraction of sp³-hybridized carbons (Fsp3) is 0.900. The predicted molar refractivity (Wildman–Crippen MR) is 60.7 cm³/mol. The molecule has 0 spiro atoms. The van der Waals surface area contributed by atoms with Crippen LogP contribution in [0.1, 0.15) is 26.2 Å². The molecule has 0 aromatic heterocycles. The Morgan fingerprint density at radius 1 is 1.57 bits per heavy atom. The van der Waals surface area contributed by atoms with Crippen molar-refractivity contribution in [2.75, 3.05) is 13.2 Å². The van der Waals surface area contributed by atoms with E-state index in [0.29, 0.717) is 23.8 Å². The molecular formula is C10H18N2OS. The van der Waals surface area contributed by atoms with E-state index < -0.39 is 0 Å². The van der Waals surface area contributed by atoms with Gasteiger partial charge in [0.25, 0.3) is 0 Å². The molecule has 0 aromatic rings. The average molecular weight is 214 g/mol. The Morgan fingerprint density at radius 3 is 3.14 bits per heavy atom. The van der Waals surface area contributed by atoms with Crippen LogP contribution in [-0.2, 0) is 0 Å². The van der Waals surface area contributed by atoms with Crippen LogP contribution in [0.25, 0.3) is 0 Å². The van der Waals surface area contributed by atoms with E-state index in [4.69, 9.17) is 0 Å². The SMILES string of the molecule is CCCN=C1NC2CCC(CO)C2S1. The third-order valence-electron chi connectivity index (χ3n) is 2.98. The summed E-state index contributed by atoms with van der Waals surface area (Å²) in [6.45, 7) is 3.39. The van der Waals surface area contributed by atoms with Crippen LogP contribution in [0.15, 0.2) is 4.99 Å². The lowest BCUT2D eigenvalue weighted by molar-refractivity contribution is 0.232. The van der Waals surface area contributed by atoms with Crippen molar-refractivity contribution < 1.29 is 5.11 Å². The van der Waals surface area contributed by atoms with Crippen LogP contribution in [0.5, 0.6) is 0 Å². The van der Waals surface area contributed by atoms with Crippen molar-refractivity contribution in [3.63, 3.8) is 0 Å². The first-order chi connectivity index (χ1) is 6.85. The number of fused-ring (bicyclic) bond motifs is 1. The highest BCUT2D eigenvalue weighted by atomic mass is 32.2. The highest BCUT2D eigenvalue weighted by Crippen LogP contribution is 2.39. The fourth-order valence-electron chi connectivity index (χ4n) is 2.20. The van der Waals surface area contributed by atoms with Crippen LogP contribution in [0.4, 0.5) is 0 Å². The Morgan fingerprint density at radius 2 is 2.43 bits per heavy atom. The molecule has 4 heteroatoms. The standard InChI is InChI=1S/C10H18N2OS/c1-2-5-11-10-12-8-4-3-7(6-13)9(8)14-10/h7-9,13H,2-6H2,1H3,(H,11,12). The zero-order chi connectivity index (χ0) is 9.97. The Labute approximate surface area is 89.4 Å². The van der Waals surface area contributed by atoms with Gasteiger partial charge in [0.2, 0.25) is 0 Å². The molecule has 1 aliphatic heterocycles. The first-order valence-corrected chi connectivity index (χ1v) is 6.31. The molecule has 1 heterocycles. The fourth-order valence-corrected chi connectivity index (χ4v) is 3.62. The zero-order valence-corrected chi connectivity index (χ0v) is 9.39. The molecule has 1 saturated heterocycles. The smallest absolute Gasteiger partial charge is 0.157 e. The van der Waals surface area contributed by atoms with Gasteiger partial charge in [-0.05, 0) is 25.2 Å². The van der Waals surface area contributed by atoms with Crippen molar-refractivity contribution in [2.45, 2.75) is 37.5 Å². The summed E-state index contributed by atoms with van der Waals surface area (Å²) >= 11 is 1.83. The molecule has 2 aliphatic rings. The molecule has 3 unspecified atom stereocenters. The largest absolute Gasteiger partial charge is 0.396 e. The number of thioether (sulfide) groups is 1. The van der Waals surface area contributed by atoms with Gasteiger partial charge < -0.3 is 10.4 Å². The third-order valence-corrected chi connectivity index (χ3v) is 4.44. The first kappa shape index (κ1) is 10.3. The summed E-state index contributed by atoms with van der Waals surface area (Å²) in [7, 11) is 0. The van der Waals surface area contributed by atoms with Crippen molar-refractivity contribution in [3.8, 4) is 0 Å². The molecule has 0 radical (unpaired) electrons. The second-order valence-electron chi connectivity index (χ2n) is 4.04. The molecule has 0 aromatic carbocycles. The summed E-state index contributed by atoms with van der Waals surface area (Å²) in [6, 6.07) is 0.563. The average Bonchev–Trinajstić information content (AvgIpc) is 2.73. The maximum atomic E-state index is 9.19. The Bertz CT molecular complexity index is 232. The van der Waals surface area contributed by atoms with Crippen molar-refractivity contribution >= 4 is 16.9 Å². The number of amidine groups is 1. The molecule has 80 valence electrons. The van der Waals surface area contributed by atoms with Crippen LogP contribution >= 0.6 is 11.8 Å². The van der Waals surface area contributed by atoms with E-state index in [1.165, 1.54) is 6.42 Å². The lowest BCUT2D eigenvalue weighted by Crippen LogP contribution is -2.29. The van der Waals surface area contributed by atoms with Crippen molar-refractivity contribution in [2.24, 2.45) is 10.9 Å². The summed E-state index contributed by atoms with van der Waals surface area (Å²) in [5, 5.41) is 14.3. The van der Waals surface area contributed by atoms with Gasteiger partial charge in [-0.1, -0.05) is 18.7 Å². The van der Waals surface area contributed by atoms with E-state index in [9.17, 15) is 5.11 Å². The molecule has 3 atom stereocenters. The first-order valence-electron chi connectivity index (χ1n) is 5.43. The van der Waals surface area contributed by atoms with E-state index in [1.807, 2.05) is 11.8 Å². The predicted octanol–water partition coefficient (Wildman–Crippen LogP) is 1.23. The van der Waals surface area contributed by atoms with Gasteiger partial charge in [-0.3, -0.25) is 4.99 Å². The Kier molecular flexibility index (Phi) is 3.34. The maximum absolute atomic E-state index is 9.19. The van der Waals surface area contributed by atoms with Gasteiger partial charge in [-0.15, -0.1) is 0 Å². The minimum absolute atomic E-state index is 0.330. The number of aliphatic hydroxyl groups is 1. The van der Waals surface area contributed by atoms with E-state index >= 15 is 0 Å². The quantitative estimate of drug-likeness (QED) is 0.742. The molecule has 2 rings (SSSR count). The van der Waals surface area contributed by atoms with Gasteiger partial charge in [0.05, 0.1) is 0 Å². The van der Waals surface area contributed by atoms with Gasteiger partial charge in [0.1, 0.15) is 0 Å². The Hall–Kier alpha value is -0.220. The third kappa shape index (κ3) is 1.91. The highest BCUT2D eigenvalue weighted by molar-refractivity contribution is 8.14. The molecule has 1 aliphatic carbocycles. The summed E-state index contributed by atoms with van der Waals surface area (Å²) in [4.78, 5) is 4.48. The summed E-state index contributed by atoms with van der Waals surface area (Å²) in [6.07, 6.45) is 3.45. The number of aliphatic hydroxyl groups excluding tert-OH is 1. The second-order valence-corrected chi connectivity index (χ2v) is 5.21. The molecule has 3 nitrogen and oxygen atoms in total. The number of rotatable bonds is 3. The van der Waals surface area contributed by atoms with Crippen LogP contribution < -0.4 is 5.32 Å². The van der Waals surface area contributed by atoms with Crippen LogP contribution in [0.2, 0.25) is 0 Å². The summed E-state index contributed by atoms with van der Waals surface area (Å²) in [5.41, 5.74) is 0. The minimum atomic E-state index is 0.330.